The third-order valence-electron chi connectivity index (χ3n) is 3.26. The van der Waals surface area contributed by atoms with Crippen LogP contribution in [0.5, 0.6) is 0 Å². The Kier molecular flexibility index (Phi) is 5.30. The minimum Gasteiger partial charge on any atom is -0.379 e. The molecule has 0 bridgehead atoms. The summed E-state index contributed by atoms with van der Waals surface area (Å²) in [5.74, 6) is -0.189. The summed E-state index contributed by atoms with van der Waals surface area (Å²) in [6.07, 6.45) is 1.22. The number of nitrogens with one attached hydrogen (secondary N) is 2. The number of aromatic nitrogens is 2. The summed E-state index contributed by atoms with van der Waals surface area (Å²) in [6.45, 7) is 7.18. The number of nitrogens with zero attached hydrogens (tertiary/aromatic N) is 1. The van der Waals surface area contributed by atoms with Gasteiger partial charge in [-0.2, -0.15) is 5.10 Å². The van der Waals surface area contributed by atoms with Gasteiger partial charge in [-0.1, -0.05) is 6.07 Å². The van der Waals surface area contributed by atoms with Gasteiger partial charge in [-0.25, -0.2) is 0 Å². The molecule has 0 saturated carbocycles. The van der Waals surface area contributed by atoms with Crippen LogP contribution >= 0.6 is 0 Å². The van der Waals surface area contributed by atoms with E-state index in [1.165, 1.54) is 0 Å². The molecular weight excluding hydrogens is 270 g/mol. The minimum atomic E-state index is -0.537. The summed E-state index contributed by atoms with van der Waals surface area (Å²) in [6, 6.07) is 3.81. The number of hydrogen-bond donors (Lipinski definition) is 2. The van der Waals surface area contributed by atoms with Crippen LogP contribution in [-0.2, 0) is 14.3 Å². The fourth-order valence-corrected chi connectivity index (χ4v) is 2.01. The molecule has 114 valence electrons. The predicted octanol–water partition coefficient (Wildman–Crippen LogP) is 2.25. The second-order valence-corrected chi connectivity index (χ2v) is 4.79. The lowest BCUT2D eigenvalue weighted by molar-refractivity contribution is -0.127. The SMILES string of the molecule is CCOCCO[C@@H](C)C(=O)Nc1ccc(C)c2cn[nH]c12. The van der Waals surface area contributed by atoms with E-state index in [-0.39, 0.29) is 5.91 Å². The number of hydrogen-bond acceptors (Lipinski definition) is 4. The van der Waals surface area contributed by atoms with Crippen LogP contribution in [-0.4, -0.2) is 42.0 Å². The first kappa shape index (κ1) is 15.5. The van der Waals surface area contributed by atoms with Gasteiger partial charge in [-0.15, -0.1) is 0 Å². The van der Waals surface area contributed by atoms with Crippen LogP contribution < -0.4 is 5.32 Å². The van der Waals surface area contributed by atoms with E-state index >= 15 is 0 Å². The molecule has 6 nitrogen and oxygen atoms in total. The molecule has 1 aromatic carbocycles. The average Bonchev–Trinajstić information content (AvgIpc) is 2.97. The second kappa shape index (κ2) is 7.19. The third kappa shape index (κ3) is 3.80. The number of aromatic amines is 1. The molecule has 0 aliphatic carbocycles. The van der Waals surface area contributed by atoms with E-state index in [1.54, 1.807) is 13.1 Å². The van der Waals surface area contributed by atoms with Crippen molar-refractivity contribution in [2.75, 3.05) is 25.1 Å². The standard InChI is InChI=1S/C15H21N3O3/c1-4-20-7-8-21-11(3)15(19)17-13-6-5-10(2)12-9-16-18-14(12)13/h5-6,9,11H,4,7-8H2,1-3H3,(H,16,18)(H,17,19)/t11-/m0/s1. The first-order valence-electron chi connectivity index (χ1n) is 7.06. The highest BCUT2D eigenvalue weighted by atomic mass is 16.5. The van der Waals surface area contributed by atoms with Gasteiger partial charge < -0.3 is 14.8 Å². The molecule has 21 heavy (non-hydrogen) atoms. The fraction of sp³-hybridized carbons (Fsp3) is 0.467. The lowest BCUT2D eigenvalue weighted by Gasteiger charge is -2.14. The van der Waals surface area contributed by atoms with Gasteiger partial charge in [0.25, 0.3) is 5.91 Å². The van der Waals surface area contributed by atoms with Gasteiger partial charge in [0.15, 0.2) is 0 Å². The first-order chi connectivity index (χ1) is 10.1. The van der Waals surface area contributed by atoms with Gasteiger partial charge in [0.2, 0.25) is 0 Å². The van der Waals surface area contributed by atoms with Crippen molar-refractivity contribution in [2.24, 2.45) is 0 Å². The van der Waals surface area contributed by atoms with Gasteiger partial charge in [0.05, 0.1) is 30.6 Å². The molecule has 0 radical (unpaired) electrons. The van der Waals surface area contributed by atoms with Crippen LogP contribution in [0.1, 0.15) is 19.4 Å². The number of carbonyl (C=O) groups is 1. The largest absolute Gasteiger partial charge is 0.379 e. The van der Waals surface area contributed by atoms with Gasteiger partial charge in [-0.3, -0.25) is 9.89 Å². The lowest BCUT2D eigenvalue weighted by Crippen LogP contribution is -2.29. The second-order valence-electron chi connectivity index (χ2n) is 4.79. The van der Waals surface area contributed by atoms with E-state index in [4.69, 9.17) is 9.47 Å². The summed E-state index contributed by atoms with van der Waals surface area (Å²) in [4.78, 5) is 12.1. The number of ether oxygens (including phenoxy) is 2. The van der Waals surface area contributed by atoms with Crippen molar-refractivity contribution in [3.63, 3.8) is 0 Å². The smallest absolute Gasteiger partial charge is 0.253 e. The van der Waals surface area contributed by atoms with Crippen LogP contribution in [0.25, 0.3) is 10.9 Å². The summed E-state index contributed by atoms with van der Waals surface area (Å²) < 4.78 is 10.6. The van der Waals surface area contributed by atoms with Crippen molar-refractivity contribution in [1.82, 2.24) is 10.2 Å². The number of rotatable bonds is 7. The number of benzene rings is 1. The fourth-order valence-electron chi connectivity index (χ4n) is 2.01. The quantitative estimate of drug-likeness (QED) is 0.767. The molecule has 2 rings (SSSR count). The summed E-state index contributed by atoms with van der Waals surface area (Å²) in [5.41, 5.74) is 2.64. The van der Waals surface area contributed by atoms with Crippen molar-refractivity contribution >= 4 is 22.5 Å². The van der Waals surface area contributed by atoms with E-state index in [1.807, 2.05) is 26.0 Å². The highest BCUT2D eigenvalue weighted by molar-refractivity contribution is 6.02. The van der Waals surface area contributed by atoms with E-state index in [0.29, 0.717) is 25.5 Å². The third-order valence-corrected chi connectivity index (χ3v) is 3.26. The normalized spacial score (nSPS) is 12.5. The summed E-state index contributed by atoms with van der Waals surface area (Å²) in [7, 11) is 0. The van der Waals surface area contributed by atoms with E-state index in [0.717, 1.165) is 16.5 Å². The van der Waals surface area contributed by atoms with Crippen LogP contribution in [0.2, 0.25) is 0 Å². The van der Waals surface area contributed by atoms with Crippen LogP contribution in [0.3, 0.4) is 0 Å². The number of fused-ring (bicyclic) bond motifs is 1. The number of amides is 1. The van der Waals surface area contributed by atoms with Crippen molar-refractivity contribution in [1.29, 1.82) is 0 Å². The van der Waals surface area contributed by atoms with Gasteiger partial charge >= 0.3 is 0 Å². The maximum absolute atomic E-state index is 12.1. The molecule has 2 aromatic rings. The van der Waals surface area contributed by atoms with Crippen molar-refractivity contribution in [3.05, 3.63) is 23.9 Å². The van der Waals surface area contributed by atoms with Crippen molar-refractivity contribution in [3.8, 4) is 0 Å². The van der Waals surface area contributed by atoms with E-state index in [2.05, 4.69) is 15.5 Å². The number of anilines is 1. The van der Waals surface area contributed by atoms with Gasteiger partial charge in [-0.05, 0) is 32.4 Å². The topological polar surface area (TPSA) is 76.2 Å². The Morgan fingerprint density at radius 3 is 3.00 bits per heavy atom. The van der Waals surface area contributed by atoms with Gasteiger partial charge in [0.1, 0.15) is 6.10 Å². The number of carbonyl (C=O) groups excluding carboxylic acids is 1. The first-order valence-corrected chi connectivity index (χ1v) is 7.06. The monoisotopic (exact) mass is 291 g/mol. The summed E-state index contributed by atoms with van der Waals surface area (Å²) >= 11 is 0. The number of aryl methyl sites for hydroxylation is 1. The summed E-state index contributed by atoms with van der Waals surface area (Å²) in [5, 5.41) is 10.8. The predicted molar refractivity (Wildman–Crippen MR) is 81.4 cm³/mol. The molecule has 6 heteroatoms. The van der Waals surface area contributed by atoms with Gasteiger partial charge in [0, 0.05) is 12.0 Å². The molecule has 1 aromatic heterocycles. The highest BCUT2D eigenvalue weighted by Gasteiger charge is 2.15. The molecule has 1 amide bonds. The molecule has 0 saturated heterocycles. The maximum atomic E-state index is 12.1. The highest BCUT2D eigenvalue weighted by Crippen LogP contribution is 2.24. The average molecular weight is 291 g/mol. The Morgan fingerprint density at radius 1 is 1.43 bits per heavy atom. The molecule has 0 aliphatic heterocycles. The molecule has 0 spiro atoms. The lowest BCUT2D eigenvalue weighted by atomic mass is 10.1. The Balaban J connectivity index is 1.98. The van der Waals surface area contributed by atoms with Crippen molar-refractivity contribution in [2.45, 2.75) is 26.9 Å². The van der Waals surface area contributed by atoms with E-state index < -0.39 is 6.10 Å². The number of H-pyrrole nitrogens is 1. The van der Waals surface area contributed by atoms with Crippen molar-refractivity contribution < 1.29 is 14.3 Å². The van der Waals surface area contributed by atoms with Crippen LogP contribution in [0.15, 0.2) is 18.3 Å². The molecule has 0 aliphatic rings. The molecule has 0 fully saturated rings. The van der Waals surface area contributed by atoms with E-state index in [9.17, 15) is 4.79 Å². The Hall–Kier alpha value is -1.92. The molecule has 1 atom stereocenters. The van der Waals surface area contributed by atoms with Crippen LogP contribution in [0, 0.1) is 6.92 Å². The Bertz CT molecular complexity index is 609. The zero-order valence-corrected chi connectivity index (χ0v) is 12.6. The molecule has 0 unspecified atom stereocenters. The molecule has 2 N–H and O–H groups in total. The maximum Gasteiger partial charge on any atom is 0.253 e. The zero-order chi connectivity index (χ0) is 15.2. The molecular formula is C15H21N3O3. The zero-order valence-electron chi connectivity index (χ0n) is 12.6. The Morgan fingerprint density at radius 2 is 2.24 bits per heavy atom. The minimum absolute atomic E-state index is 0.189. The Labute approximate surface area is 123 Å². The molecule has 1 heterocycles. The van der Waals surface area contributed by atoms with Crippen LogP contribution in [0.4, 0.5) is 5.69 Å².